The lowest BCUT2D eigenvalue weighted by Crippen LogP contribution is -2.14. The van der Waals surface area contributed by atoms with Gasteiger partial charge in [0, 0.05) is 6.07 Å². The van der Waals surface area contributed by atoms with Crippen LogP contribution in [0, 0.1) is 5.82 Å². The fourth-order valence-corrected chi connectivity index (χ4v) is 1.86. The van der Waals surface area contributed by atoms with E-state index in [-0.39, 0.29) is 10.6 Å². The first-order chi connectivity index (χ1) is 9.52. The van der Waals surface area contributed by atoms with E-state index in [1.54, 1.807) is 18.2 Å². The van der Waals surface area contributed by atoms with Gasteiger partial charge in [-0.3, -0.25) is 4.79 Å². The average Bonchev–Trinajstić information content (AvgIpc) is 2.44. The maximum atomic E-state index is 13.3. The Morgan fingerprint density at radius 2 is 2.10 bits per heavy atom. The summed E-state index contributed by atoms with van der Waals surface area (Å²) in [6.07, 6.45) is 0. The molecule has 0 atom stereocenters. The van der Waals surface area contributed by atoms with Crippen molar-refractivity contribution in [3.05, 3.63) is 52.8 Å². The van der Waals surface area contributed by atoms with Gasteiger partial charge in [-0.2, -0.15) is 0 Å². The second-order valence-corrected chi connectivity index (χ2v) is 4.39. The number of nitrogens with two attached hydrogens (primary N) is 1. The normalized spacial score (nSPS) is 10.2. The van der Waals surface area contributed by atoms with Gasteiger partial charge in [-0.25, -0.2) is 4.39 Å². The molecule has 0 radical (unpaired) electrons. The van der Waals surface area contributed by atoms with Gasteiger partial charge in [0.05, 0.1) is 29.1 Å². The van der Waals surface area contributed by atoms with E-state index in [9.17, 15) is 9.18 Å². The number of nitrogens with one attached hydrogen (secondary N) is 1. The zero-order valence-electron chi connectivity index (χ0n) is 10.6. The van der Waals surface area contributed by atoms with Gasteiger partial charge in [-0.1, -0.05) is 17.7 Å². The second-order valence-electron chi connectivity index (χ2n) is 4.01. The molecule has 0 saturated carbocycles. The van der Waals surface area contributed by atoms with Gasteiger partial charge in [0.1, 0.15) is 11.6 Å². The van der Waals surface area contributed by atoms with Gasteiger partial charge in [-0.15, -0.1) is 0 Å². The summed E-state index contributed by atoms with van der Waals surface area (Å²) < 4.78 is 18.3. The topological polar surface area (TPSA) is 64.3 Å². The highest BCUT2D eigenvalue weighted by atomic mass is 35.5. The van der Waals surface area contributed by atoms with E-state index in [0.717, 1.165) is 0 Å². The Morgan fingerprint density at radius 3 is 2.75 bits per heavy atom. The van der Waals surface area contributed by atoms with E-state index in [0.29, 0.717) is 17.1 Å². The van der Waals surface area contributed by atoms with Gasteiger partial charge >= 0.3 is 0 Å². The summed E-state index contributed by atoms with van der Waals surface area (Å²) in [5, 5.41) is 2.35. The maximum absolute atomic E-state index is 13.3. The number of benzene rings is 2. The number of hydrogen-bond donors (Lipinski definition) is 2. The van der Waals surface area contributed by atoms with Crippen LogP contribution >= 0.6 is 11.6 Å². The molecule has 2 aromatic rings. The fourth-order valence-electron chi connectivity index (χ4n) is 1.65. The summed E-state index contributed by atoms with van der Waals surface area (Å²) in [6, 6.07) is 8.84. The molecule has 3 N–H and O–H groups in total. The van der Waals surface area contributed by atoms with E-state index in [1.807, 2.05) is 0 Å². The van der Waals surface area contributed by atoms with Crippen molar-refractivity contribution >= 4 is 28.9 Å². The van der Waals surface area contributed by atoms with Crippen molar-refractivity contribution in [1.29, 1.82) is 0 Å². The number of amides is 1. The molecule has 0 aliphatic heterocycles. The highest BCUT2D eigenvalue weighted by Crippen LogP contribution is 2.26. The van der Waals surface area contributed by atoms with Gasteiger partial charge in [0.15, 0.2) is 0 Å². The molecular weight excluding hydrogens is 283 g/mol. The molecule has 0 saturated heterocycles. The summed E-state index contributed by atoms with van der Waals surface area (Å²) in [5.41, 5.74) is 6.57. The second kappa shape index (κ2) is 5.79. The van der Waals surface area contributed by atoms with E-state index in [4.69, 9.17) is 22.1 Å². The van der Waals surface area contributed by atoms with Crippen LogP contribution in [-0.2, 0) is 0 Å². The molecule has 0 aliphatic rings. The van der Waals surface area contributed by atoms with Crippen molar-refractivity contribution in [2.24, 2.45) is 0 Å². The fraction of sp³-hybridized carbons (Fsp3) is 0.0714. The number of anilines is 2. The number of halogens is 2. The van der Waals surface area contributed by atoms with Gasteiger partial charge < -0.3 is 15.8 Å². The van der Waals surface area contributed by atoms with Gasteiger partial charge in [-0.05, 0) is 24.3 Å². The zero-order chi connectivity index (χ0) is 14.7. The van der Waals surface area contributed by atoms with E-state index < -0.39 is 11.7 Å². The Labute approximate surface area is 120 Å². The highest BCUT2D eigenvalue weighted by molar-refractivity contribution is 6.34. The van der Waals surface area contributed by atoms with Gasteiger partial charge in [0.2, 0.25) is 0 Å². The molecular formula is C14H12ClFN2O2. The lowest BCUT2D eigenvalue weighted by atomic mass is 10.2. The maximum Gasteiger partial charge on any atom is 0.257 e. The lowest BCUT2D eigenvalue weighted by Gasteiger charge is -2.10. The van der Waals surface area contributed by atoms with Crippen LogP contribution in [0.4, 0.5) is 15.8 Å². The minimum atomic E-state index is -0.651. The summed E-state index contributed by atoms with van der Waals surface area (Å²) in [4.78, 5) is 12.0. The van der Waals surface area contributed by atoms with Gasteiger partial charge in [0.25, 0.3) is 5.91 Å². The van der Waals surface area contributed by atoms with E-state index >= 15 is 0 Å². The van der Waals surface area contributed by atoms with Crippen molar-refractivity contribution in [3.63, 3.8) is 0 Å². The van der Waals surface area contributed by atoms with Crippen LogP contribution in [0.3, 0.4) is 0 Å². The average molecular weight is 295 g/mol. The summed E-state index contributed by atoms with van der Waals surface area (Å²) in [5.74, 6) is -0.613. The standard InChI is InChI=1S/C14H12ClFN2O2/c1-20-8-5-6-12(11(17)7-8)18-14(19)9-3-2-4-10(16)13(9)15/h2-7H,17H2,1H3,(H,18,19). The minimum Gasteiger partial charge on any atom is -0.497 e. The Kier molecular flexibility index (Phi) is 4.10. The van der Waals surface area contributed by atoms with Crippen LogP contribution in [0.5, 0.6) is 5.75 Å². The third-order valence-electron chi connectivity index (χ3n) is 2.70. The Bertz CT molecular complexity index is 662. The molecule has 0 fully saturated rings. The molecule has 2 rings (SSSR count). The molecule has 0 unspecified atom stereocenters. The molecule has 20 heavy (non-hydrogen) atoms. The number of hydrogen-bond acceptors (Lipinski definition) is 3. The zero-order valence-corrected chi connectivity index (χ0v) is 11.4. The van der Waals surface area contributed by atoms with Crippen LogP contribution in [0.2, 0.25) is 5.02 Å². The number of ether oxygens (including phenoxy) is 1. The Morgan fingerprint density at radius 1 is 1.35 bits per heavy atom. The van der Waals surface area contributed by atoms with Crippen molar-refractivity contribution < 1.29 is 13.9 Å². The lowest BCUT2D eigenvalue weighted by molar-refractivity contribution is 0.102. The van der Waals surface area contributed by atoms with Crippen LogP contribution in [0.1, 0.15) is 10.4 Å². The number of rotatable bonds is 3. The molecule has 4 nitrogen and oxygen atoms in total. The third-order valence-corrected chi connectivity index (χ3v) is 3.09. The molecule has 0 aromatic heterocycles. The molecule has 0 heterocycles. The molecule has 0 bridgehead atoms. The monoisotopic (exact) mass is 294 g/mol. The quantitative estimate of drug-likeness (QED) is 0.854. The largest absolute Gasteiger partial charge is 0.497 e. The first kappa shape index (κ1) is 14.1. The van der Waals surface area contributed by atoms with Crippen LogP contribution in [0.25, 0.3) is 0 Å². The van der Waals surface area contributed by atoms with Crippen molar-refractivity contribution in [2.75, 3.05) is 18.2 Å². The molecule has 104 valence electrons. The minimum absolute atomic E-state index is 0.0434. The third kappa shape index (κ3) is 2.83. The van der Waals surface area contributed by atoms with E-state index in [1.165, 1.54) is 25.3 Å². The van der Waals surface area contributed by atoms with Crippen molar-refractivity contribution in [3.8, 4) is 5.75 Å². The smallest absolute Gasteiger partial charge is 0.257 e. The Balaban J connectivity index is 2.26. The Hall–Kier alpha value is -2.27. The van der Waals surface area contributed by atoms with Crippen LogP contribution < -0.4 is 15.8 Å². The molecule has 0 spiro atoms. The molecule has 6 heteroatoms. The predicted octanol–water partition coefficient (Wildman–Crippen LogP) is 3.32. The van der Waals surface area contributed by atoms with E-state index in [2.05, 4.69) is 5.32 Å². The first-order valence-corrected chi connectivity index (χ1v) is 6.09. The number of carbonyl (C=O) groups is 1. The molecule has 0 aliphatic carbocycles. The van der Waals surface area contributed by atoms with Crippen LogP contribution in [-0.4, -0.2) is 13.0 Å². The summed E-state index contributed by atoms with van der Waals surface area (Å²) >= 11 is 5.75. The predicted molar refractivity (Wildman–Crippen MR) is 76.8 cm³/mol. The van der Waals surface area contributed by atoms with Crippen molar-refractivity contribution in [2.45, 2.75) is 0 Å². The molecule has 1 amide bonds. The number of nitrogen functional groups attached to an aromatic ring is 1. The van der Waals surface area contributed by atoms with Crippen LogP contribution in [0.15, 0.2) is 36.4 Å². The van der Waals surface area contributed by atoms with Crippen molar-refractivity contribution in [1.82, 2.24) is 0 Å². The summed E-state index contributed by atoms with van der Waals surface area (Å²) in [7, 11) is 1.51. The SMILES string of the molecule is COc1ccc(NC(=O)c2cccc(F)c2Cl)c(N)c1. The number of carbonyl (C=O) groups excluding carboxylic acids is 1. The first-order valence-electron chi connectivity index (χ1n) is 5.72. The highest BCUT2D eigenvalue weighted by Gasteiger charge is 2.14. The number of methoxy groups -OCH3 is 1. The summed E-state index contributed by atoms with van der Waals surface area (Å²) in [6.45, 7) is 0. The molecule has 2 aromatic carbocycles.